The Labute approximate surface area is 97.4 Å². The molecule has 5 heteroatoms. The van der Waals surface area contributed by atoms with E-state index in [9.17, 15) is 4.39 Å². The summed E-state index contributed by atoms with van der Waals surface area (Å²) in [6.07, 6.45) is 1.57. The van der Waals surface area contributed by atoms with Crippen molar-refractivity contribution in [2.24, 2.45) is 0 Å². The first-order valence-corrected chi connectivity index (χ1v) is 5.95. The first-order chi connectivity index (χ1) is 7.81. The fourth-order valence-corrected chi connectivity index (χ4v) is 2.11. The summed E-state index contributed by atoms with van der Waals surface area (Å²) >= 11 is 1.41. The van der Waals surface area contributed by atoms with Crippen LogP contribution in [0, 0.1) is 5.82 Å². The van der Waals surface area contributed by atoms with E-state index in [0.29, 0.717) is 17.2 Å². The Morgan fingerprint density at radius 3 is 3.12 bits per heavy atom. The Morgan fingerprint density at radius 1 is 1.50 bits per heavy atom. The summed E-state index contributed by atoms with van der Waals surface area (Å²) in [4.78, 5) is 8.33. The molecular formula is C11H12FN3S. The molecule has 2 aromatic heterocycles. The molecule has 0 aliphatic heterocycles. The van der Waals surface area contributed by atoms with Gasteiger partial charge in [0.1, 0.15) is 10.7 Å². The minimum atomic E-state index is -0.327. The number of hydrogen-bond donors (Lipinski definition) is 1. The summed E-state index contributed by atoms with van der Waals surface area (Å²) in [6.45, 7) is 3.64. The van der Waals surface area contributed by atoms with Crippen molar-refractivity contribution < 1.29 is 4.39 Å². The average molecular weight is 237 g/mol. The van der Waals surface area contributed by atoms with E-state index in [4.69, 9.17) is 0 Å². The molecular weight excluding hydrogens is 225 g/mol. The van der Waals surface area contributed by atoms with Gasteiger partial charge in [-0.3, -0.25) is 4.98 Å². The average Bonchev–Trinajstić information content (AvgIpc) is 2.75. The van der Waals surface area contributed by atoms with E-state index in [-0.39, 0.29) is 5.82 Å². The summed E-state index contributed by atoms with van der Waals surface area (Å²) in [6, 6.07) is 2.97. The standard InChI is InChI=1S/C11H12FN3S/c1-2-13-6-8-7-16-11(15-8)10-9(12)4-3-5-14-10/h3-5,7,13H,2,6H2,1H3. The van der Waals surface area contributed by atoms with Crippen molar-refractivity contribution in [3.63, 3.8) is 0 Å². The van der Waals surface area contributed by atoms with Crippen LogP contribution in [0.2, 0.25) is 0 Å². The molecule has 0 radical (unpaired) electrons. The maximum absolute atomic E-state index is 13.4. The van der Waals surface area contributed by atoms with Gasteiger partial charge in [-0.25, -0.2) is 9.37 Å². The van der Waals surface area contributed by atoms with Crippen molar-refractivity contribution in [1.29, 1.82) is 0 Å². The second kappa shape index (κ2) is 5.14. The van der Waals surface area contributed by atoms with Gasteiger partial charge in [0.25, 0.3) is 0 Å². The third-order valence-corrected chi connectivity index (χ3v) is 2.97. The largest absolute Gasteiger partial charge is 0.311 e. The fourth-order valence-electron chi connectivity index (χ4n) is 1.29. The number of nitrogens with zero attached hydrogens (tertiary/aromatic N) is 2. The minimum absolute atomic E-state index is 0.327. The predicted molar refractivity (Wildman–Crippen MR) is 62.7 cm³/mol. The topological polar surface area (TPSA) is 37.8 Å². The zero-order valence-corrected chi connectivity index (χ0v) is 9.72. The molecule has 0 aliphatic carbocycles. The first kappa shape index (κ1) is 11.2. The van der Waals surface area contributed by atoms with E-state index in [1.54, 1.807) is 12.3 Å². The van der Waals surface area contributed by atoms with E-state index in [0.717, 1.165) is 12.2 Å². The van der Waals surface area contributed by atoms with Crippen LogP contribution in [-0.4, -0.2) is 16.5 Å². The maximum Gasteiger partial charge on any atom is 0.151 e. The number of aromatic nitrogens is 2. The number of rotatable bonds is 4. The number of nitrogens with one attached hydrogen (secondary N) is 1. The highest BCUT2D eigenvalue weighted by Crippen LogP contribution is 2.23. The van der Waals surface area contributed by atoms with Gasteiger partial charge >= 0.3 is 0 Å². The fraction of sp³-hybridized carbons (Fsp3) is 0.273. The third kappa shape index (κ3) is 2.43. The van der Waals surface area contributed by atoms with Crippen molar-refractivity contribution in [3.8, 4) is 10.7 Å². The Morgan fingerprint density at radius 2 is 2.38 bits per heavy atom. The Hall–Kier alpha value is -1.33. The van der Waals surface area contributed by atoms with Crippen LogP contribution in [0.3, 0.4) is 0 Å². The highest BCUT2D eigenvalue weighted by atomic mass is 32.1. The zero-order chi connectivity index (χ0) is 11.4. The molecule has 0 aromatic carbocycles. The lowest BCUT2D eigenvalue weighted by atomic mass is 10.3. The summed E-state index contributed by atoms with van der Waals surface area (Å²) in [5.74, 6) is -0.327. The van der Waals surface area contributed by atoms with E-state index in [2.05, 4.69) is 15.3 Å². The van der Waals surface area contributed by atoms with Crippen molar-refractivity contribution in [1.82, 2.24) is 15.3 Å². The summed E-state index contributed by atoms with van der Waals surface area (Å²) in [5, 5.41) is 5.73. The SMILES string of the molecule is CCNCc1csc(-c2ncccc2F)n1. The Balaban J connectivity index is 2.22. The number of pyridine rings is 1. The highest BCUT2D eigenvalue weighted by Gasteiger charge is 2.10. The van der Waals surface area contributed by atoms with Crippen LogP contribution < -0.4 is 5.32 Å². The third-order valence-electron chi connectivity index (χ3n) is 2.07. The molecule has 0 atom stereocenters. The van der Waals surface area contributed by atoms with Crippen LogP contribution in [0.15, 0.2) is 23.7 Å². The van der Waals surface area contributed by atoms with Crippen molar-refractivity contribution in [3.05, 3.63) is 35.2 Å². The minimum Gasteiger partial charge on any atom is -0.311 e. The van der Waals surface area contributed by atoms with Crippen LogP contribution in [0.5, 0.6) is 0 Å². The van der Waals surface area contributed by atoms with Gasteiger partial charge in [0, 0.05) is 18.1 Å². The van der Waals surface area contributed by atoms with Crippen LogP contribution in [0.1, 0.15) is 12.6 Å². The van der Waals surface area contributed by atoms with Gasteiger partial charge < -0.3 is 5.32 Å². The Bertz CT molecular complexity index is 470. The van der Waals surface area contributed by atoms with Crippen LogP contribution >= 0.6 is 11.3 Å². The van der Waals surface area contributed by atoms with Crippen LogP contribution in [-0.2, 0) is 6.54 Å². The Kier molecular flexibility index (Phi) is 3.58. The van der Waals surface area contributed by atoms with Gasteiger partial charge in [-0.15, -0.1) is 11.3 Å². The number of halogens is 1. The van der Waals surface area contributed by atoms with Gasteiger partial charge in [0.2, 0.25) is 0 Å². The smallest absolute Gasteiger partial charge is 0.151 e. The molecule has 1 N–H and O–H groups in total. The molecule has 3 nitrogen and oxygen atoms in total. The molecule has 2 heterocycles. The van der Waals surface area contributed by atoms with Gasteiger partial charge in [0.15, 0.2) is 5.82 Å². The molecule has 0 bridgehead atoms. The molecule has 0 saturated heterocycles. The second-order valence-corrected chi connectivity index (χ2v) is 4.12. The lowest BCUT2D eigenvalue weighted by Crippen LogP contribution is -2.11. The normalized spacial score (nSPS) is 10.6. The lowest BCUT2D eigenvalue weighted by Gasteiger charge is -1.97. The zero-order valence-electron chi connectivity index (χ0n) is 8.90. The second-order valence-electron chi connectivity index (χ2n) is 3.26. The molecule has 0 aliphatic rings. The molecule has 16 heavy (non-hydrogen) atoms. The first-order valence-electron chi connectivity index (χ1n) is 5.07. The molecule has 2 aromatic rings. The predicted octanol–water partition coefficient (Wildman–Crippen LogP) is 2.45. The summed E-state index contributed by atoms with van der Waals surface area (Å²) < 4.78 is 13.4. The molecule has 84 valence electrons. The van der Waals surface area contributed by atoms with E-state index in [1.807, 2.05) is 12.3 Å². The maximum atomic E-state index is 13.4. The summed E-state index contributed by atoms with van der Waals surface area (Å²) in [5.41, 5.74) is 1.25. The van der Waals surface area contributed by atoms with Gasteiger partial charge in [0.05, 0.1) is 5.69 Å². The van der Waals surface area contributed by atoms with Crippen molar-refractivity contribution >= 4 is 11.3 Å². The van der Waals surface area contributed by atoms with E-state index >= 15 is 0 Å². The van der Waals surface area contributed by atoms with Gasteiger partial charge in [-0.05, 0) is 18.7 Å². The molecule has 0 unspecified atom stereocenters. The van der Waals surface area contributed by atoms with Gasteiger partial charge in [-0.1, -0.05) is 6.92 Å². The lowest BCUT2D eigenvalue weighted by molar-refractivity contribution is 0.625. The van der Waals surface area contributed by atoms with Crippen LogP contribution in [0.25, 0.3) is 10.7 Å². The number of thiazole rings is 1. The van der Waals surface area contributed by atoms with Crippen molar-refractivity contribution in [2.45, 2.75) is 13.5 Å². The number of hydrogen-bond acceptors (Lipinski definition) is 4. The van der Waals surface area contributed by atoms with Crippen LogP contribution in [0.4, 0.5) is 4.39 Å². The van der Waals surface area contributed by atoms with E-state index in [1.165, 1.54) is 17.4 Å². The quantitative estimate of drug-likeness (QED) is 0.887. The summed E-state index contributed by atoms with van der Waals surface area (Å²) in [7, 11) is 0. The van der Waals surface area contributed by atoms with E-state index < -0.39 is 0 Å². The molecule has 0 spiro atoms. The molecule has 0 saturated carbocycles. The monoisotopic (exact) mass is 237 g/mol. The highest BCUT2D eigenvalue weighted by molar-refractivity contribution is 7.13. The molecule has 0 fully saturated rings. The van der Waals surface area contributed by atoms with Gasteiger partial charge in [-0.2, -0.15) is 0 Å². The molecule has 2 rings (SSSR count). The van der Waals surface area contributed by atoms with Crippen molar-refractivity contribution in [2.75, 3.05) is 6.54 Å². The molecule has 0 amide bonds.